The summed E-state index contributed by atoms with van der Waals surface area (Å²) in [6.45, 7) is 9.28. The SMILES string of the molecule is CCOC(=O)C(CC)N1C(=O)C(C)(C)Oc2ccc(C)cc21. The van der Waals surface area contributed by atoms with E-state index in [1.54, 1.807) is 20.8 Å². The molecule has 22 heavy (non-hydrogen) atoms. The number of hydrogen-bond acceptors (Lipinski definition) is 4. The van der Waals surface area contributed by atoms with Crippen molar-refractivity contribution in [3.05, 3.63) is 23.8 Å². The minimum atomic E-state index is -1.01. The molecule has 1 amide bonds. The molecule has 1 aliphatic heterocycles. The molecule has 1 unspecified atom stereocenters. The maximum absolute atomic E-state index is 12.8. The zero-order valence-electron chi connectivity index (χ0n) is 13.8. The van der Waals surface area contributed by atoms with Gasteiger partial charge in [-0.05, 0) is 51.8 Å². The molecule has 120 valence electrons. The van der Waals surface area contributed by atoms with E-state index in [1.165, 1.54) is 4.90 Å². The third-order valence-electron chi connectivity index (χ3n) is 3.73. The van der Waals surface area contributed by atoms with Crippen LogP contribution < -0.4 is 9.64 Å². The standard InChI is InChI=1S/C17H23NO4/c1-6-12(15(19)21-7-2)18-13-10-11(3)8-9-14(13)22-17(4,5)16(18)20/h8-10,12H,6-7H2,1-5H3. The summed E-state index contributed by atoms with van der Waals surface area (Å²) < 4.78 is 10.9. The van der Waals surface area contributed by atoms with Gasteiger partial charge < -0.3 is 9.47 Å². The van der Waals surface area contributed by atoms with Crippen LogP contribution in [0.25, 0.3) is 0 Å². The molecule has 5 heteroatoms. The monoisotopic (exact) mass is 305 g/mol. The lowest BCUT2D eigenvalue weighted by Crippen LogP contribution is -2.58. The van der Waals surface area contributed by atoms with Crippen LogP contribution in [-0.4, -0.2) is 30.1 Å². The Morgan fingerprint density at radius 1 is 1.36 bits per heavy atom. The van der Waals surface area contributed by atoms with Crippen LogP contribution in [0.5, 0.6) is 5.75 Å². The number of anilines is 1. The summed E-state index contributed by atoms with van der Waals surface area (Å²) in [7, 11) is 0. The van der Waals surface area contributed by atoms with Gasteiger partial charge in [0, 0.05) is 0 Å². The van der Waals surface area contributed by atoms with Crippen molar-refractivity contribution >= 4 is 17.6 Å². The minimum Gasteiger partial charge on any atom is -0.476 e. The van der Waals surface area contributed by atoms with Gasteiger partial charge in [0.15, 0.2) is 5.60 Å². The van der Waals surface area contributed by atoms with E-state index in [-0.39, 0.29) is 18.5 Å². The van der Waals surface area contributed by atoms with E-state index in [4.69, 9.17) is 9.47 Å². The van der Waals surface area contributed by atoms with Crippen molar-refractivity contribution in [3.63, 3.8) is 0 Å². The Labute approximate surface area is 131 Å². The Balaban J connectivity index is 2.54. The summed E-state index contributed by atoms with van der Waals surface area (Å²) in [5, 5.41) is 0. The van der Waals surface area contributed by atoms with Crippen molar-refractivity contribution < 1.29 is 19.1 Å². The number of carbonyl (C=O) groups is 2. The number of nitrogens with zero attached hydrogens (tertiary/aromatic N) is 1. The first kappa shape index (κ1) is 16.3. The first-order chi connectivity index (χ1) is 10.3. The maximum Gasteiger partial charge on any atom is 0.329 e. The molecule has 0 aromatic heterocycles. The smallest absolute Gasteiger partial charge is 0.329 e. The Kier molecular flexibility index (Phi) is 4.44. The van der Waals surface area contributed by atoms with E-state index in [2.05, 4.69) is 0 Å². The minimum absolute atomic E-state index is 0.231. The molecule has 0 radical (unpaired) electrons. The topological polar surface area (TPSA) is 55.8 Å². The van der Waals surface area contributed by atoms with E-state index in [0.29, 0.717) is 17.9 Å². The fourth-order valence-electron chi connectivity index (χ4n) is 2.62. The predicted octanol–water partition coefficient (Wildman–Crippen LogP) is 2.84. The van der Waals surface area contributed by atoms with Gasteiger partial charge in [-0.2, -0.15) is 0 Å². The lowest BCUT2D eigenvalue weighted by molar-refractivity contribution is -0.147. The number of amides is 1. The summed E-state index contributed by atoms with van der Waals surface area (Å²) >= 11 is 0. The quantitative estimate of drug-likeness (QED) is 0.803. The van der Waals surface area contributed by atoms with Crippen molar-refractivity contribution in [3.8, 4) is 5.75 Å². The highest BCUT2D eigenvalue weighted by Gasteiger charge is 2.45. The molecular formula is C17H23NO4. The zero-order valence-corrected chi connectivity index (χ0v) is 13.8. The van der Waals surface area contributed by atoms with E-state index in [9.17, 15) is 9.59 Å². The largest absolute Gasteiger partial charge is 0.476 e. The number of esters is 1. The Morgan fingerprint density at radius 2 is 2.05 bits per heavy atom. The van der Waals surface area contributed by atoms with Crippen LogP contribution in [0.15, 0.2) is 18.2 Å². The summed E-state index contributed by atoms with van der Waals surface area (Å²) in [6, 6.07) is 4.98. The van der Waals surface area contributed by atoms with Crippen LogP contribution in [0.3, 0.4) is 0 Å². The van der Waals surface area contributed by atoms with E-state index >= 15 is 0 Å². The lowest BCUT2D eigenvalue weighted by Gasteiger charge is -2.41. The van der Waals surface area contributed by atoms with Crippen molar-refractivity contribution in [1.82, 2.24) is 0 Å². The number of benzene rings is 1. The van der Waals surface area contributed by atoms with Crippen LogP contribution in [0.4, 0.5) is 5.69 Å². The third-order valence-corrected chi connectivity index (χ3v) is 3.73. The molecule has 0 saturated carbocycles. The van der Waals surface area contributed by atoms with Gasteiger partial charge in [0.05, 0.1) is 12.3 Å². The van der Waals surface area contributed by atoms with Crippen molar-refractivity contribution in [2.75, 3.05) is 11.5 Å². The van der Waals surface area contributed by atoms with Crippen LogP contribution >= 0.6 is 0 Å². The number of ether oxygens (including phenoxy) is 2. The number of aryl methyl sites for hydroxylation is 1. The second kappa shape index (κ2) is 5.99. The summed E-state index contributed by atoms with van der Waals surface area (Å²) in [5.41, 5.74) is 0.616. The van der Waals surface area contributed by atoms with E-state index < -0.39 is 11.6 Å². The second-order valence-electron chi connectivity index (χ2n) is 5.93. The van der Waals surface area contributed by atoms with Crippen molar-refractivity contribution in [2.24, 2.45) is 0 Å². The molecule has 0 fully saturated rings. The van der Waals surface area contributed by atoms with Crippen LogP contribution in [0, 0.1) is 6.92 Å². The number of rotatable bonds is 4. The molecule has 0 saturated heterocycles. The van der Waals surface area contributed by atoms with Gasteiger partial charge >= 0.3 is 5.97 Å². The average molecular weight is 305 g/mol. The highest BCUT2D eigenvalue weighted by molar-refractivity contribution is 6.06. The van der Waals surface area contributed by atoms with Gasteiger partial charge in [-0.15, -0.1) is 0 Å². The fraction of sp³-hybridized carbons (Fsp3) is 0.529. The van der Waals surface area contributed by atoms with Gasteiger partial charge in [0.2, 0.25) is 0 Å². The first-order valence-electron chi connectivity index (χ1n) is 7.61. The molecule has 1 aromatic rings. The molecule has 1 heterocycles. The molecule has 0 N–H and O–H groups in total. The molecule has 5 nitrogen and oxygen atoms in total. The van der Waals surface area contributed by atoms with Gasteiger partial charge in [-0.1, -0.05) is 13.0 Å². The lowest BCUT2D eigenvalue weighted by atomic mass is 9.99. The van der Waals surface area contributed by atoms with Crippen molar-refractivity contribution in [2.45, 2.75) is 52.7 Å². The fourth-order valence-corrected chi connectivity index (χ4v) is 2.62. The predicted molar refractivity (Wildman–Crippen MR) is 84.1 cm³/mol. The van der Waals surface area contributed by atoms with Gasteiger partial charge in [-0.3, -0.25) is 9.69 Å². The first-order valence-corrected chi connectivity index (χ1v) is 7.61. The number of hydrogen-bond donors (Lipinski definition) is 0. The molecular weight excluding hydrogens is 282 g/mol. The van der Waals surface area contributed by atoms with Crippen LogP contribution in [0.1, 0.15) is 39.7 Å². The van der Waals surface area contributed by atoms with Gasteiger partial charge in [0.1, 0.15) is 11.8 Å². The molecule has 1 aromatic carbocycles. The van der Waals surface area contributed by atoms with Crippen LogP contribution in [0.2, 0.25) is 0 Å². The van der Waals surface area contributed by atoms with Gasteiger partial charge in [-0.25, -0.2) is 4.79 Å². The average Bonchev–Trinajstić information content (AvgIpc) is 2.45. The van der Waals surface area contributed by atoms with Crippen LogP contribution in [-0.2, 0) is 14.3 Å². The maximum atomic E-state index is 12.8. The van der Waals surface area contributed by atoms with Gasteiger partial charge in [0.25, 0.3) is 5.91 Å². The number of fused-ring (bicyclic) bond motifs is 1. The van der Waals surface area contributed by atoms with E-state index in [1.807, 2.05) is 32.0 Å². The Bertz CT molecular complexity index is 594. The molecule has 1 aliphatic rings. The molecule has 0 aliphatic carbocycles. The molecule has 1 atom stereocenters. The molecule has 0 bridgehead atoms. The normalized spacial score (nSPS) is 17.5. The number of carbonyl (C=O) groups excluding carboxylic acids is 2. The summed E-state index contributed by atoms with van der Waals surface area (Å²) in [4.78, 5) is 26.6. The van der Waals surface area contributed by atoms with Crippen molar-refractivity contribution in [1.29, 1.82) is 0 Å². The van der Waals surface area contributed by atoms with E-state index in [0.717, 1.165) is 5.56 Å². The summed E-state index contributed by atoms with van der Waals surface area (Å²) in [6.07, 6.45) is 0.480. The third kappa shape index (κ3) is 2.80. The Hall–Kier alpha value is -2.04. The highest BCUT2D eigenvalue weighted by atomic mass is 16.5. The highest BCUT2D eigenvalue weighted by Crippen LogP contribution is 2.40. The molecule has 2 rings (SSSR count). The molecule has 0 spiro atoms. The summed E-state index contributed by atoms with van der Waals surface area (Å²) in [5.74, 6) is -0.00745. The second-order valence-corrected chi connectivity index (χ2v) is 5.93. The zero-order chi connectivity index (χ0) is 16.5. The Morgan fingerprint density at radius 3 is 2.64 bits per heavy atom.